The summed E-state index contributed by atoms with van der Waals surface area (Å²) >= 11 is 0. The highest BCUT2D eigenvalue weighted by molar-refractivity contribution is 6.40. The number of carbonyl (C=O) groups excluding carboxylic acids is 2. The van der Waals surface area contributed by atoms with Gasteiger partial charge in [0.2, 0.25) is 5.91 Å². The van der Waals surface area contributed by atoms with Crippen LogP contribution in [0.1, 0.15) is 36.0 Å². The van der Waals surface area contributed by atoms with Crippen LogP contribution in [0.3, 0.4) is 0 Å². The van der Waals surface area contributed by atoms with Gasteiger partial charge in [0.25, 0.3) is 5.91 Å². The highest BCUT2D eigenvalue weighted by Crippen LogP contribution is 2.22. The lowest BCUT2D eigenvalue weighted by molar-refractivity contribution is -0.118. The van der Waals surface area contributed by atoms with Crippen molar-refractivity contribution >= 4 is 24.6 Å². The van der Waals surface area contributed by atoms with Crippen LogP contribution >= 0.6 is 0 Å². The number of nitrogens with zero attached hydrogens (tertiary/aromatic N) is 1. The molecule has 0 aliphatic rings. The van der Waals surface area contributed by atoms with Gasteiger partial charge in [-0.1, -0.05) is 61.7 Å². The van der Waals surface area contributed by atoms with Gasteiger partial charge in [-0.2, -0.15) is 0 Å². The number of pyridine rings is 1. The Morgan fingerprint density at radius 1 is 0.909 bits per heavy atom. The van der Waals surface area contributed by atoms with Crippen LogP contribution in [0.4, 0.5) is 5.69 Å². The molecule has 0 bridgehead atoms. The fourth-order valence-electron chi connectivity index (χ4n) is 3.50. The van der Waals surface area contributed by atoms with Crippen molar-refractivity contribution in [2.75, 3.05) is 5.32 Å². The van der Waals surface area contributed by atoms with Crippen molar-refractivity contribution in [2.45, 2.75) is 38.0 Å². The molecule has 4 N–H and O–H groups in total. The van der Waals surface area contributed by atoms with Gasteiger partial charge in [-0.25, -0.2) is 0 Å². The molecule has 33 heavy (non-hydrogen) atoms. The first kappa shape index (κ1) is 24.2. The van der Waals surface area contributed by atoms with Crippen molar-refractivity contribution < 1.29 is 19.6 Å². The Morgan fingerprint density at radius 3 is 2.42 bits per heavy atom. The van der Waals surface area contributed by atoms with Gasteiger partial charge in [0.05, 0.1) is 5.56 Å². The quantitative estimate of drug-likeness (QED) is 0.267. The molecule has 1 aromatic heterocycles. The number of amides is 2. The SMILES string of the molecule is O=C(NC(CCCCCB(O)O)C(=O)Nc1cccc(-c2ccccc2)c1)c1cccnc1. The second-order valence-electron chi connectivity index (χ2n) is 7.82. The molecule has 1 atom stereocenters. The molecule has 0 aliphatic carbocycles. The molecular formula is C25H28BN3O4. The number of anilines is 1. The Kier molecular flexibility index (Phi) is 9.17. The Balaban J connectivity index is 1.68. The summed E-state index contributed by atoms with van der Waals surface area (Å²) in [6.07, 6.45) is 5.74. The summed E-state index contributed by atoms with van der Waals surface area (Å²) in [5.41, 5.74) is 3.04. The van der Waals surface area contributed by atoms with E-state index < -0.39 is 13.2 Å². The van der Waals surface area contributed by atoms with Crippen molar-refractivity contribution in [2.24, 2.45) is 0 Å². The second-order valence-corrected chi connectivity index (χ2v) is 7.82. The Morgan fingerprint density at radius 2 is 1.70 bits per heavy atom. The molecular weight excluding hydrogens is 417 g/mol. The topological polar surface area (TPSA) is 112 Å². The third kappa shape index (κ3) is 7.86. The molecule has 2 aromatic carbocycles. The van der Waals surface area contributed by atoms with Gasteiger partial charge in [-0.05, 0) is 48.1 Å². The van der Waals surface area contributed by atoms with E-state index >= 15 is 0 Å². The van der Waals surface area contributed by atoms with Crippen LogP contribution in [-0.2, 0) is 4.79 Å². The second kappa shape index (κ2) is 12.5. The number of benzene rings is 2. The van der Waals surface area contributed by atoms with Crippen molar-refractivity contribution in [1.29, 1.82) is 0 Å². The molecule has 0 fully saturated rings. The van der Waals surface area contributed by atoms with Crippen LogP contribution in [0, 0.1) is 0 Å². The summed E-state index contributed by atoms with van der Waals surface area (Å²) in [4.78, 5) is 29.7. The molecule has 0 saturated carbocycles. The number of hydrogen-bond acceptors (Lipinski definition) is 5. The molecule has 3 rings (SSSR count). The van der Waals surface area contributed by atoms with Crippen LogP contribution in [-0.4, -0.2) is 40.0 Å². The van der Waals surface area contributed by atoms with E-state index in [1.165, 1.54) is 6.20 Å². The molecule has 8 heteroatoms. The number of hydrogen-bond donors (Lipinski definition) is 4. The van der Waals surface area contributed by atoms with E-state index in [9.17, 15) is 9.59 Å². The number of nitrogens with one attached hydrogen (secondary N) is 2. The van der Waals surface area contributed by atoms with Gasteiger partial charge in [0, 0.05) is 18.1 Å². The van der Waals surface area contributed by atoms with E-state index in [1.807, 2.05) is 54.6 Å². The molecule has 0 saturated heterocycles. The van der Waals surface area contributed by atoms with Gasteiger partial charge in [0.15, 0.2) is 0 Å². The molecule has 7 nitrogen and oxygen atoms in total. The zero-order valence-corrected chi connectivity index (χ0v) is 18.4. The van der Waals surface area contributed by atoms with Crippen molar-refractivity contribution in [3.63, 3.8) is 0 Å². The lowest BCUT2D eigenvalue weighted by Gasteiger charge is -2.19. The van der Waals surface area contributed by atoms with Gasteiger partial charge < -0.3 is 20.7 Å². The predicted octanol–water partition coefficient (Wildman–Crippen LogP) is 3.52. The summed E-state index contributed by atoms with van der Waals surface area (Å²) in [5, 5.41) is 23.7. The van der Waals surface area contributed by atoms with Crippen LogP contribution in [0.15, 0.2) is 79.1 Å². The average molecular weight is 445 g/mol. The van der Waals surface area contributed by atoms with Crippen LogP contribution in [0.2, 0.25) is 6.32 Å². The number of carbonyl (C=O) groups is 2. The molecule has 3 aromatic rings. The average Bonchev–Trinajstić information content (AvgIpc) is 2.84. The van der Waals surface area contributed by atoms with E-state index in [4.69, 9.17) is 10.0 Å². The minimum atomic E-state index is -1.33. The third-order valence-electron chi connectivity index (χ3n) is 5.24. The first-order valence-electron chi connectivity index (χ1n) is 11.1. The number of aromatic nitrogens is 1. The zero-order valence-electron chi connectivity index (χ0n) is 18.4. The maximum Gasteiger partial charge on any atom is 0.451 e. The van der Waals surface area contributed by atoms with E-state index in [0.717, 1.165) is 11.1 Å². The maximum atomic E-state index is 13.1. The molecule has 0 radical (unpaired) electrons. The Hall–Kier alpha value is -3.49. The molecule has 0 aliphatic heterocycles. The summed E-state index contributed by atoms with van der Waals surface area (Å²) < 4.78 is 0. The molecule has 2 amide bonds. The largest absolute Gasteiger partial charge is 0.451 e. The monoisotopic (exact) mass is 445 g/mol. The van der Waals surface area contributed by atoms with Crippen LogP contribution < -0.4 is 10.6 Å². The molecule has 0 spiro atoms. The van der Waals surface area contributed by atoms with Gasteiger partial charge in [0.1, 0.15) is 6.04 Å². The van der Waals surface area contributed by atoms with E-state index in [-0.39, 0.29) is 18.1 Å². The fourth-order valence-corrected chi connectivity index (χ4v) is 3.50. The maximum absolute atomic E-state index is 13.1. The summed E-state index contributed by atoms with van der Waals surface area (Å²) in [5.74, 6) is -0.674. The van der Waals surface area contributed by atoms with Crippen molar-refractivity contribution in [3.8, 4) is 11.1 Å². The van der Waals surface area contributed by atoms with Crippen molar-refractivity contribution in [3.05, 3.63) is 84.7 Å². The van der Waals surface area contributed by atoms with E-state index in [0.29, 0.717) is 36.9 Å². The zero-order chi connectivity index (χ0) is 23.5. The van der Waals surface area contributed by atoms with Crippen LogP contribution in [0.25, 0.3) is 11.1 Å². The van der Waals surface area contributed by atoms with Gasteiger partial charge in [-0.3, -0.25) is 14.6 Å². The molecule has 1 unspecified atom stereocenters. The number of unbranched alkanes of at least 4 members (excludes halogenated alkanes) is 2. The van der Waals surface area contributed by atoms with E-state index in [2.05, 4.69) is 15.6 Å². The van der Waals surface area contributed by atoms with E-state index in [1.54, 1.807) is 18.3 Å². The lowest BCUT2D eigenvalue weighted by atomic mass is 9.83. The highest BCUT2D eigenvalue weighted by atomic mass is 16.4. The van der Waals surface area contributed by atoms with Crippen molar-refractivity contribution in [1.82, 2.24) is 10.3 Å². The standard InChI is InChI=1S/C25H28BN3O4/c30-24(21-12-8-16-27-18-21)29-23(14-5-2-6-15-26(32)33)25(31)28-22-13-7-11-20(17-22)19-9-3-1-4-10-19/h1,3-4,7-13,16-18,23,32-33H,2,5-6,14-15H2,(H,28,31)(H,29,30). The first-order chi connectivity index (χ1) is 16.0. The molecule has 1 heterocycles. The molecule has 170 valence electrons. The highest BCUT2D eigenvalue weighted by Gasteiger charge is 2.22. The van der Waals surface area contributed by atoms with Crippen LogP contribution in [0.5, 0.6) is 0 Å². The third-order valence-corrected chi connectivity index (χ3v) is 5.24. The summed E-state index contributed by atoms with van der Waals surface area (Å²) in [7, 11) is -1.33. The fraction of sp³-hybridized carbons (Fsp3) is 0.240. The predicted molar refractivity (Wildman–Crippen MR) is 129 cm³/mol. The summed E-state index contributed by atoms with van der Waals surface area (Å²) in [6, 6.07) is 20.0. The minimum absolute atomic E-state index is 0.283. The first-order valence-corrected chi connectivity index (χ1v) is 11.1. The lowest BCUT2D eigenvalue weighted by Crippen LogP contribution is -2.43. The smallest absolute Gasteiger partial charge is 0.427 e. The normalized spacial score (nSPS) is 11.5. The number of rotatable bonds is 11. The minimum Gasteiger partial charge on any atom is -0.427 e. The Labute approximate surface area is 194 Å². The van der Waals surface area contributed by atoms with Gasteiger partial charge in [-0.15, -0.1) is 0 Å². The van der Waals surface area contributed by atoms with Gasteiger partial charge >= 0.3 is 7.12 Å². The Bertz CT molecular complexity index is 1030. The summed E-state index contributed by atoms with van der Waals surface area (Å²) in [6.45, 7) is 0.